The lowest BCUT2D eigenvalue weighted by molar-refractivity contribution is 0.601. The molecule has 0 unspecified atom stereocenters. The highest BCUT2D eigenvalue weighted by molar-refractivity contribution is 7.92. The minimum Gasteiger partial charge on any atom is -0.280 e. The zero-order valence-electron chi connectivity index (χ0n) is 18.0. The molecule has 0 saturated carbocycles. The van der Waals surface area contributed by atoms with Gasteiger partial charge < -0.3 is 0 Å². The van der Waals surface area contributed by atoms with E-state index in [0.29, 0.717) is 28.5 Å². The molecule has 8 nitrogen and oxygen atoms in total. The molecule has 3 heterocycles. The number of nitrogens with one attached hydrogen (secondary N) is 1. The molecule has 2 aromatic carbocycles. The van der Waals surface area contributed by atoms with Gasteiger partial charge in [0.05, 0.1) is 10.6 Å². The van der Waals surface area contributed by atoms with E-state index >= 15 is 0 Å². The van der Waals surface area contributed by atoms with Crippen LogP contribution in [0.15, 0.2) is 83.9 Å². The van der Waals surface area contributed by atoms with E-state index in [-0.39, 0.29) is 4.90 Å². The predicted octanol–water partition coefficient (Wildman–Crippen LogP) is 4.27. The molecule has 0 atom stereocenters. The Hall–Kier alpha value is -4.11. The standard InChI is InChI=1S/C24H20N6O2S/c1-16-12-17(2)14-20(13-16)33(31,32)29-19-7-5-6-18(15-19)21-9-10-23-26-27-24(30(23)28-21)22-8-3-4-11-25-22/h3-15,29H,1-2H3. The van der Waals surface area contributed by atoms with E-state index in [9.17, 15) is 8.42 Å². The number of anilines is 1. The fourth-order valence-corrected chi connectivity index (χ4v) is 4.88. The van der Waals surface area contributed by atoms with E-state index in [0.717, 1.165) is 16.7 Å². The van der Waals surface area contributed by atoms with Gasteiger partial charge in [-0.25, -0.2) is 8.42 Å². The number of pyridine rings is 1. The number of hydrogen-bond donors (Lipinski definition) is 1. The van der Waals surface area contributed by atoms with Gasteiger partial charge in [-0.1, -0.05) is 24.3 Å². The van der Waals surface area contributed by atoms with Crippen molar-refractivity contribution in [3.05, 3.63) is 90.1 Å². The maximum atomic E-state index is 12.9. The van der Waals surface area contributed by atoms with Crippen molar-refractivity contribution < 1.29 is 8.42 Å². The SMILES string of the molecule is Cc1cc(C)cc(S(=O)(=O)Nc2cccc(-c3ccc4nnc(-c5ccccn5)n4n3)c2)c1. The van der Waals surface area contributed by atoms with Crippen molar-refractivity contribution in [2.75, 3.05) is 4.72 Å². The van der Waals surface area contributed by atoms with Crippen LogP contribution < -0.4 is 4.72 Å². The maximum absolute atomic E-state index is 12.9. The van der Waals surface area contributed by atoms with E-state index in [1.807, 2.05) is 56.3 Å². The Morgan fingerprint density at radius 3 is 2.39 bits per heavy atom. The third-order valence-corrected chi connectivity index (χ3v) is 6.43. The molecule has 3 aromatic heterocycles. The molecule has 0 aliphatic rings. The van der Waals surface area contributed by atoms with E-state index < -0.39 is 10.0 Å². The normalized spacial score (nSPS) is 11.6. The number of nitrogens with zero attached hydrogens (tertiary/aromatic N) is 5. The predicted molar refractivity (Wildman–Crippen MR) is 126 cm³/mol. The number of fused-ring (bicyclic) bond motifs is 1. The summed E-state index contributed by atoms with van der Waals surface area (Å²) in [6, 6.07) is 21.5. The molecule has 9 heteroatoms. The zero-order valence-corrected chi connectivity index (χ0v) is 18.8. The van der Waals surface area contributed by atoms with Crippen LogP contribution in [0.1, 0.15) is 11.1 Å². The second-order valence-corrected chi connectivity index (χ2v) is 9.42. The van der Waals surface area contributed by atoms with Crippen LogP contribution >= 0.6 is 0 Å². The lowest BCUT2D eigenvalue weighted by Gasteiger charge is -2.11. The average molecular weight is 457 g/mol. The molecular formula is C24H20N6O2S. The van der Waals surface area contributed by atoms with Crippen molar-refractivity contribution >= 4 is 21.4 Å². The van der Waals surface area contributed by atoms with Crippen LogP contribution in [0.3, 0.4) is 0 Å². The Kier molecular flexibility index (Phi) is 5.10. The largest absolute Gasteiger partial charge is 0.280 e. The topological polar surface area (TPSA) is 102 Å². The fraction of sp³-hybridized carbons (Fsp3) is 0.0833. The summed E-state index contributed by atoms with van der Waals surface area (Å²) in [4.78, 5) is 4.56. The smallest absolute Gasteiger partial charge is 0.261 e. The van der Waals surface area contributed by atoms with Crippen LogP contribution in [-0.4, -0.2) is 33.2 Å². The van der Waals surface area contributed by atoms with Crippen LogP contribution in [0.4, 0.5) is 5.69 Å². The van der Waals surface area contributed by atoms with E-state index in [1.54, 1.807) is 41.0 Å². The quantitative estimate of drug-likeness (QED) is 0.424. The highest BCUT2D eigenvalue weighted by Crippen LogP contribution is 2.25. The van der Waals surface area contributed by atoms with Gasteiger partial charge in [-0.05, 0) is 73.5 Å². The third-order valence-electron chi connectivity index (χ3n) is 5.07. The van der Waals surface area contributed by atoms with Gasteiger partial charge in [0, 0.05) is 17.4 Å². The summed E-state index contributed by atoms with van der Waals surface area (Å²) in [5.74, 6) is 0.527. The first-order valence-corrected chi connectivity index (χ1v) is 11.7. The first-order chi connectivity index (χ1) is 15.9. The summed E-state index contributed by atoms with van der Waals surface area (Å²) in [6.07, 6.45) is 1.69. The minimum atomic E-state index is -3.73. The van der Waals surface area contributed by atoms with Gasteiger partial charge in [0.2, 0.25) is 5.82 Å². The molecule has 5 aromatic rings. The summed E-state index contributed by atoms with van der Waals surface area (Å²) in [5, 5.41) is 13.0. The first-order valence-electron chi connectivity index (χ1n) is 10.2. The van der Waals surface area contributed by atoms with Crippen molar-refractivity contribution in [2.24, 2.45) is 0 Å². The van der Waals surface area contributed by atoms with Gasteiger partial charge >= 0.3 is 0 Å². The fourth-order valence-electron chi connectivity index (χ4n) is 3.64. The highest BCUT2D eigenvalue weighted by Gasteiger charge is 2.16. The zero-order chi connectivity index (χ0) is 23.0. The Balaban J connectivity index is 1.50. The van der Waals surface area contributed by atoms with E-state index in [1.165, 1.54) is 0 Å². The molecule has 0 fully saturated rings. The van der Waals surface area contributed by atoms with Crippen molar-refractivity contribution in [1.29, 1.82) is 0 Å². The molecule has 0 amide bonds. The molecule has 164 valence electrons. The summed E-state index contributed by atoms with van der Waals surface area (Å²) in [5.41, 5.74) is 4.86. The van der Waals surface area contributed by atoms with E-state index in [4.69, 9.17) is 0 Å². The van der Waals surface area contributed by atoms with Crippen molar-refractivity contribution in [2.45, 2.75) is 18.7 Å². The van der Waals surface area contributed by atoms with Crippen molar-refractivity contribution in [3.63, 3.8) is 0 Å². The minimum absolute atomic E-state index is 0.231. The molecule has 33 heavy (non-hydrogen) atoms. The summed E-state index contributed by atoms with van der Waals surface area (Å²) >= 11 is 0. The number of aromatic nitrogens is 5. The molecule has 0 radical (unpaired) electrons. The second kappa shape index (κ2) is 8.10. The van der Waals surface area contributed by atoms with Crippen LogP contribution in [0, 0.1) is 13.8 Å². The van der Waals surface area contributed by atoms with Gasteiger partial charge in [0.15, 0.2) is 5.65 Å². The van der Waals surface area contributed by atoms with Gasteiger partial charge in [-0.2, -0.15) is 9.61 Å². The number of benzene rings is 2. The van der Waals surface area contributed by atoms with Gasteiger partial charge in [-0.3, -0.25) is 9.71 Å². The average Bonchev–Trinajstić information content (AvgIpc) is 3.22. The molecule has 0 spiro atoms. The molecule has 5 rings (SSSR count). The van der Waals surface area contributed by atoms with Crippen LogP contribution in [0.2, 0.25) is 0 Å². The lowest BCUT2D eigenvalue weighted by Crippen LogP contribution is -2.13. The monoisotopic (exact) mass is 456 g/mol. The second-order valence-electron chi connectivity index (χ2n) is 7.74. The molecule has 0 aliphatic heterocycles. The molecule has 0 bridgehead atoms. The van der Waals surface area contributed by atoms with Crippen LogP contribution in [0.25, 0.3) is 28.4 Å². The first kappa shape index (κ1) is 20.8. The number of rotatable bonds is 5. The summed E-state index contributed by atoms with van der Waals surface area (Å²) < 4.78 is 30.2. The Labute approximate surface area is 191 Å². The Bertz CT molecular complexity index is 1560. The molecule has 1 N–H and O–H groups in total. The number of hydrogen-bond acceptors (Lipinski definition) is 6. The van der Waals surface area contributed by atoms with Gasteiger partial charge in [-0.15, -0.1) is 10.2 Å². The van der Waals surface area contributed by atoms with Gasteiger partial charge in [0.1, 0.15) is 5.69 Å². The van der Waals surface area contributed by atoms with Crippen LogP contribution in [-0.2, 0) is 10.0 Å². The molecular weight excluding hydrogens is 436 g/mol. The van der Waals surface area contributed by atoms with E-state index in [2.05, 4.69) is 25.0 Å². The van der Waals surface area contributed by atoms with Crippen molar-refractivity contribution in [1.82, 2.24) is 24.8 Å². The number of aryl methyl sites for hydroxylation is 2. The van der Waals surface area contributed by atoms with Crippen molar-refractivity contribution in [3.8, 4) is 22.8 Å². The molecule has 0 aliphatic carbocycles. The molecule has 0 saturated heterocycles. The Morgan fingerprint density at radius 1 is 0.818 bits per heavy atom. The van der Waals surface area contributed by atoms with Gasteiger partial charge in [0.25, 0.3) is 10.0 Å². The summed E-state index contributed by atoms with van der Waals surface area (Å²) in [6.45, 7) is 3.75. The summed E-state index contributed by atoms with van der Waals surface area (Å²) in [7, 11) is -3.73. The maximum Gasteiger partial charge on any atom is 0.261 e. The Morgan fingerprint density at radius 2 is 1.64 bits per heavy atom. The third kappa shape index (κ3) is 4.18. The lowest BCUT2D eigenvalue weighted by atomic mass is 10.1. The number of sulfonamides is 1. The highest BCUT2D eigenvalue weighted by atomic mass is 32.2. The van der Waals surface area contributed by atoms with Crippen LogP contribution in [0.5, 0.6) is 0 Å².